The van der Waals surface area contributed by atoms with Crippen LogP contribution in [0, 0.1) is 0 Å². The number of fused-ring (bicyclic) bond motifs is 13. The Kier molecular flexibility index (Phi) is 4.81. The fourth-order valence-electron chi connectivity index (χ4n) is 6.95. The van der Waals surface area contributed by atoms with Gasteiger partial charge < -0.3 is 5.32 Å². The van der Waals surface area contributed by atoms with Crippen molar-refractivity contribution in [3.63, 3.8) is 0 Å². The average Bonchev–Trinajstić information content (AvgIpc) is 3.74. The van der Waals surface area contributed by atoms with Gasteiger partial charge >= 0.3 is 0 Å². The summed E-state index contributed by atoms with van der Waals surface area (Å²) in [6, 6.07) is 41.6. The summed E-state index contributed by atoms with van der Waals surface area (Å²) in [5, 5.41) is 11.6. The molecule has 5 heterocycles. The van der Waals surface area contributed by atoms with Crippen molar-refractivity contribution in [2.24, 2.45) is 0 Å². The second kappa shape index (κ2) is 8.77. The molecule has 1 unspecified atom stereocenters. The van der Waals surface area contributed by atoms with Crippen LogP contribution in [0.4, 0.5) is 5.69 Å². The van der Waals surface area contributed by atoms with Crippen molar-refractivity contribution in [3.05, 3.63) is 133 Å². The van der Waals surface area contributed by atoms with Crippen molar-refractivity contribution in [1.29, 1.82) is 0 Å². The van der Waals surface area contributed by atoms with Gasteiger partial charge in [0.1, 0.15) is 5.82 Å². The van der Waals surface area contributed by atoms with Crippen LogP contribution < -0.4 is 5.32 Å². The van der Waals surface area contributed by atoms with Gasteiger partial charge in [0, 0.05) is 46.4 Å². The molecule has 0 fully saturated rings. The van der Waals surface area contributed by atoms with Gasteiger partial charge in [-0.15, -0.1) is 22.7 Å². The van der Waals surface area contributed by atoms with E-state index in [1.54, 1.807) is 0 Å². The highest BCUT2D eigenvalue weighted by Crippen LogP contribution is 2.52. The van der Waals surface area contributed by atoms with Crippen LogP contribution >= 0.6 is 22.7 Å². The SMILES string of the molecule is C1=CC(c2ccccc2)Nc2ccc(-n3c4ccccc4c4c5c6ccccc6sc5c5c6ccccc6sc5c43)nc21. The number of thiophene rings is 2. The summed E-state index contributed by atoms with van der Waals surface area (Å²) < 4.78 is 7.75. The Bertz CT molecular complexity index is 2600. The molecule has 5 heteroatoms. The topological polar surface area (TPSA) is 29.9 Å². The van der Waals surface area contributed by atoms with E-state index in [4.69, 9.17) is 4.98 Å². The van der Waals surface area contributed by atoms with Gasteiger partial charge in [0.05, 0.1) is 33.2 Å². The van der Waals surface area contributed by atoms with Crippen molar-refractivity contribution in [1.82, 2.24) is 9.55 Å². The van der Waals surface area contributed by atoms with E-state index in [0.717, 1.165) is 17.2 Å². The number of aromatic nitrogens is 2. The largest absolute Gasteiger partial charge is 0.373 e. The van der Waals surface area contributed by atoms with E-state index in [2.05, 4.69) is 137 Å². The van der Waals surface area contributed by atoms with E-state index in [0.29, 0.717) is 0 Å². The molecular weight excluding hydrogens is 563 g/mol. The highest BCUT2D eigenvalue weighted by atomic mass is 32.1. The van der Waals surface area contributed by atoms with E-state index in [1.807, 2.05) is 22.7 Å². The normalized spacial score (nSPS) is 14.8. The minimum Gasteiger partial charge on any atom is -0.373 e. The summed E-state index contributed by atoms with van der Waals surface area (Å²) in [5.74, 6) is 0.937. The Morgan fingerprint density at radius 3 is 2.09 bits per heavy atom. The molecule has 3 nitrogen and oxygen atoms in total. The standard InChI is InChI=1S/C38H23N3S2/c1-2-10-22(11-3-1)26-18-19-28-27(39-26)20-21-32(40-28)41-29-15-7-4-12-23(29)33-34-24-13-5-8-16-30(24)42-37(34)35-25-14-6-9-17-31(25)43-38(35)36(33)41/h1-21,26,39H. The first kappa shape index (κ1) is 23.6. The number of hydrogen-bond acceptors (Lipinski definition) is 4. The first-order valence-electron chi connectivity index (χ1n) is 14.5. The minimum atomic E-state index is 0.132. The van der Waals surface area contributed by atoms with Gasteiger partial charge in [-0.3, -0.25) is 4.57 Å². The first-order chi connectivity index (χ1) is 21.3. The lowest BCUT2D eigenvalue weighted by Gasteiger charge is -2.23. The fraction of sp³-hybridized carbons (Fsp3) is 0.0263. The van der Waals surface area contributed by atoms with Crippen molar-refractivity contribution >= 4 is 96.6 Å². The highest BCUT2D eigenvalue weighted by molar-refractivity contribution is 7.30. The molecule has 4 aromatic heterocycles. The number of para-hydroxylation sites is 1. The quantitative estimate of drug-likeness (QED) is 0.219. The van der Waals surface area contributed by atoms with Crippen LogP contribution in [0.5, 0.6) is 0 Å². The summed E-state index contributed by atoms with van der Waals surface area (Å²) in [7, 11) is 0. The van der Waals surface area contributed by atoms with Crippen LogP contribution in [0.25, 0.3) is 74.0 Å². The molecule has 202 valence electrons. The molecule has 0 aliphatic carbocycles. The Balaban J connectivity index is 1.33. The number of nitrogens with one attached hydrogen (secondary N) is 1. The van der Waals surface area contributed by atoms with Gasteiger partial charge in [0.2, 0.25) is 0 Å². The van der Waals surface area contributed by atoms with Crippen molar-refractivity contribution < 1.29 is 0 Å². The Morgan fingerprint density at radius 2 is 1.28 bits per heavy atom. The summed E-state index contributed by atoms with van der Waals surface area (Å²) in [4.78, 5) is 5.30. The van der Waals surface area contributed by atoms with Gasteiger partial charge in [-0.1, -0.05) is 91.0 Å². The molecule has 43 heavy (non-hydrogen) atoms. The number of anilines is 1. The van der Waals surface area contributed by atoms with E-state index < -0.39 is 0 Å². The van der Waals surface area contributed by atoms with Crippen LogP contribution in [0.15, 0.2) is 121 Å². The third kappa shape index (κ3) is 3.26. The summed E-state index contributed by atoms with van der Waals surface area (Å²) in [6.45, 7) is 0. The zero-order valence-electron chi connectivity index (χ0n) is 22.9. The maximum absolute atomic E-state index is 5.30. The average molecular weight is 586 g/mol. The Hall–Kier alpha value is -4.97. The second-order valence-corrected chi connectivity index (χ2v) is 13.3. The number of benzene rings is 5. The zero-order valence-corrected chi connectivity index (χ0v) is 24.5. The number of hydrogen-bond donors (Lipinski definition) is 1. The molecule has 0 spiro atoms. The van der Waals surface area contributed by atoms with Crippen LogP contribution in [0.3, 0.4) is 0 Å². The van der Waals surface area contributed by atoms with Gasteiger partial charge in [0.25, 0.3) is 0 Å². The summed E-state index contributed by atoms with van der Waals surface area (Å²) in [6.07, 6.45) is 4.38. The monoisotopic (exact) mass is 585 g/mol. The maximum Gasteiger partial charge on any atom is 0.138 e. The highest BCUT2D eigenvalue weighted by Gasteiger charge is 2.25. The van der Waals surface area contributed by atoms with Gasteiger partial charge in [-0.05, 0) is 42.0 Å². The van der Waals surface area contributed by atoms with E-state index >= 15 is 0 Å². The van der Waals surface area contributed by atoms with Gasteiger partial charge in [0.15, 0.2) is 0 Å². The Labute approximate surface area is 255 Å². The van der Waals surface area contributed by atoms with Crippen LogP contribution in [0.1, 0.15) is 17.3 Å². The molecule has 0 saturated heterocycles. The van der Waals surface area contributed by atoms with Gasteiger partial charge in [-0.2, -0.15) is 0 Å². The van der Waals surface area contributed by atoms with Crippen LogP contribution in [0.2, 0.25) is 0 Å². The predicted molar refractivity (Wildman–Crippen MR) is 186 cm³/mol. The zero-order chi connectivity index (χ0) is 28.1. The van der Waals surface area contributed by atoms with E-state index in [-0.39, 0.29) is 6.04 Å². The maximum atomic E-state index is 5.30. The van der Waals surface area contributed by atoms with Crippen LogP contribution in [-0.2, 0) is 0 Å². The Morgan fingerprint density at radius 1 is 0.605 bits per heavy atom. The number of rotatable bonds is 2. The van der Waals surface area contributed by atoms with E-state index in [9.17, 15) is 0 Å². The van der Waals surface area contributed by atoms with Crippen molar-refractivity contribution in [3.8, 4) is 5.82 Å². The van der Waals surface area contributed by atoms with Crippen molar-refractivity contribution in [2.45, 2.75) is 6.04 Å². The molecule has 0 saturated carbocycles. The van der Waals surface area contributed by atoms with Gasteiger partial charge in [-0.25, -0.2) is 4.98 Å². The minimum absolute atomic E-state index is 0.132. The molecule has 10 rings (SSSR count). The molecule has 1 aliphatic heterocycles. The van der Waals surface area contributed by atoms with E-state index in [1.165, 1.54) is 67.7 Å². The molecule has 0 bridgehead atoms. The number of nitrogens with zero attached hydrogens (tertiary/aromatic N) is 2. The molecule has 1 aliphatic rings. The smallest absolute Gasteiger partial charge is 0.138 e. The van der Waals surface area contributed by atoms with Crippen molar-refractivity contribution in [2.75, 3.05) is 5.32 Å². The lowest BCUT2D eigenvalue weighted by molar-refractivity contribution is 0.963. The molecule has 1 atom stereocenters. The lowest BCUT2D eigenvalue weighted by Crippen LogP contribution is -2.13. The fourth-order valence-corrected chi connectivity index (χ4v) is 9.54. The molecule has 0 amide bonds. The lowest BCUT2D eigenvalue weighted by atomic mass is 10.0. The second-order valence-electron chi connectivity index (χ2n) is 11.2. The predicted octanol–water partition coefficient (Wildman–Crippen LogP) is 11.1. The van der Waals surface area contributed by atoms with Crippen LogP contribution in [-0.4, -0.2) is 9.55 Å². The molecule has 1 N–H and O–H groups in total. The summed E-state index contributed by atoms with van der Waals surface area (Å²) >= 11 is 3.82. The third-order valence-corrected chi connectivity index (χ3v) is 11.2. The number of pyridine rings is 1. The molecule has 0 radical (unpaired) electrons. The molecule has 5 aromatic carbocycles. The third-order valence-electron chi connectivity index (χ3n) is 8.81. The summed E-state index contributed by atoms with van der Waals surface area (Å²) in [5.41, 5.74) is 5.69. The first-order valence-corrected chi connectivity index (χ1v) is 16.2. The molecule has 9 aromatic rings. The molecular formula is C38H23N3S2.